The lowest BCUT2D eigenvalue weighted by Gasteiger charge is -2.65. The van der Waals surface area contributed by atoms with Crippen LogP contribution in [0.15, 0.2) is 22.7 Å². The van der Waals surface area contributed by atoms with Gasteiger partial charge in [-0.25, -0.2) is 0 Å². The topological polar surface area (TPSA) is 73.6 Å². The highest BCUT2D eigenvalue weighted by atomic mass is 79.9. The van der Waals surface area contributed by atoms with Crippen molar-refractivity contribution in [3.8, 4) is 5.75 Å². The second-order valence-electron chi connectivity index (χ2n) is 6.93. The summed E-state index contributed by atoms with van der Waals surface area (Å²) in [5.41, 5.74) is 5.97. The summed E-state index contributed by atoms with van der Waals surface area (Å²) in [6.07, 6.45) is 1.95. The molecule has 0 spiro atoms. The number of nitrogens with one attached hydrogen (secondary N) is 1. The van der Waals surface area contributed by atoms with Crippen LogP contribution in [0.1, 0.15) is 26.7 Å². The van der Waals surface area contributed by atoms with Crippen LogP contribution in [0.5, 0.6) is 5.75 Å². The average Bonchev–Trinajstić information content (AvgIpc) is 2.55. The van der Waals surface area contributed by atoms with Crippen LogP contribution in [0, 0.1) is 11.3 Å². The Balaban J connectivity index is 1.82. The van der Waals surface area contributed by atoms with Gasteiger partial charge in [0.2, 0.25) is 5.91 Å². The van der Waals surface area contributed by atoms with E-state index in [0.29, 0.717) is 11.4 Å². The van der Waals surface area contributed by atoms with Crippen molar-refractivity contribution in [2.75, 3.05) is 19.0 Å². The maximum Gasteiger partial charge on any atom is 0.245 e. The Morgan fingerprint density at radius 2 is 2.22 bits per heavy atom. The van der Waals surface area contributed by atoms with Gasteiger partial charge in [0.05, 0.1) is 17.7 Å². The minimum absolute atomic E-state index is 0.0615. The smallest absolute Gasteiger partial charge is 0.245 e. The van der Waals surface area contributed by atoms with E-state index in [0.717, 1.165) is 23.9 Å². The van der Waals surface area contributed by atoms with Gasteiger partial charge in [-0.05, 0) is 40.9 Å². The fourth-order valence-corrected chi connectivity index (χ4v) is 4.42. The summed E-state index contributed by atoms with van der Waals surface area (Å²) in [6, 6.07) is 5.45. The second kappa shape index (κ2) is 5.76. The Bertz CT molecular complexity index is 634. The average molecular weight is 383 g/mol. The number of benzene rings is 1. The van der Waals surface area contributed by atoms with Crippen LogP contribution in [0.25, 0.3) is 0 Å². The normalized spacial score (nSPS) is 31.7. The fourth-order valence-electron chi connectivity index (χ4n) is 4.01. The van der Waals surface area contributed by atoms with Crippen molar-refractivity contribution in [2.24, 2.45) is 17.1 Å². The molecule has 1 saturated carbocycles. The molecule has 0 radical (unpaired) electrons. The molecule has 3 rings (SSSR count). The van der Waals surface area contributed by atoms with Crippen molar-refractivity contribution in [1.82, 2.24) is 0 Å². The number of anilines is 1. The third-order valence-electron chi connectivity index (χ3n) is 5.47. The highest BCUT2D eigenvalue weighted by Crippen LogP contribution is 2.57. The van der Waals surface area contributed by atoms with Crippen molar-refractivity contribution in [3.63, 3.8) is 0 Å². The number of hydrogen-bond acceptors (Lipinski definition) is 4. The monoisotopic (exact) mass is 382 g/mol. The molecule has 3 atom stereocenters. The van der Waals surface area contributed by atoms with Gasteiger partial charge in [0.15, 0.2) is 0 Å². The van der Waals surface area contributed by atoms with Gasteiger partial charge in [-0.1, -0.05) is 13.8 Å². The summed E-state index contributed by atoms with van der Waals surface area (Å²) in [7, 11) is 1.59. The lowest BCUT2D eigenvalue weighted by molar-refractivity contribution is -0.222. The summed E-state index contributed by atoms with van der Waals surface area (Å²) in [6.45, 7) is 4.79. The standard InChI is InChI=1S/C17H23BrN2O3/c1-16(2)14-11(5-4-8-23-14)17(16,19)15(21)20-10-6-7-12(18)13(9-10)22-3/h6-7,9,11,14H,4-5,8,19H2,1-3H3,(H,20,21). The molecule has 3 unspecified atom stereocenters. The summed E-state index contributed by atoms with van der Waals surface area (Å²) >= 11 is 3.41. The van der Waals surface area contributed by atoms with Crippen molar-refractivity contribution in [3.05, 3.63) is 22.7 Å². The number of rotatable bonds is 3. The van der Waals surface area contributed by atoms with Gasteiger partial charge in [-0.15, -0.1) is 0 Å². The molecule has 1 aromatic carbocycles. The molecule has 2 aliphatic rings. The van der Waals surface area contributed by atoms with E-state index in [2.05, 4.69) is 21.2 Å². The third-order valence-corrected chi connectivity index (χ3v) is 6.12. The predicted molar refractivity (Wildman–Crippen MR) is 92.5 cm³/mol. The summed E-state index contributed by atoms with van der Waals surface area (Å²) in [5.74, 6) is 0.586. The highest BCUT2D eigenvalue weighted by molar-refractivity contribution is 9.10. The first-order chi connectivity index (χ1) is 10.8. The first kappa shape index (κ1) is 16.7. The predicted octanol–water partition coefficient (Wildman–Crippen LogP) is 2.93. The third kappa shape index (κ3) is 2.39. The number of methoxy groups -OCH3 is 1. The zero-order chi connectivity index (χ0) is 16.8. The fraction of sp³-hybridized carbons (Fsp3) is 0.588. The van der Waals surface area contributed by atoms with Gasteiger partial charge in [-0.3, -0.25) is 4.79 Å². The first-order valence-electron chi connectivity index (χ1n) is 7.88. The molecular formula is C17H23BrN2O3. The van der Waals surface area contributed by atoms with Crippen LogP contribution in [-0.2, 0) is 9.53 Å². The lowest BCUT2D eigenvalue weighted by Crippen LogP contribution is -2.81. The molecule has 5 nitrogen and oxygen atoms in total. The van der Waals surface area contributed by atoms with Crippen LogP contribution in [0.2, 0.25) is 0 Å². The second-order valence-corrected chi connectivity index (χ2v) is 7.79. The number of amides is 1. The van der Waals surface area contributed by atoms with Gasteiger partial charge >= 0.3 is 0 Å². The largest absolute Gasteiger partial charge is 0.495 e. The summed E-state index contributed by atoms with van der Waals surface area (Å²) in [4.78, 5) is 12.9. The van der Waals surface area contributed by atoms with Crippen LogP contribution >= 0.6 is 15.9 Å². The Kier molecular flexibility index (Phi) is 4.19. The van der Waals surface area contributed by atoms with Crippen LogP contribution in [0.3, 0.4) is 0 Å². The number of nitrogens with two attached hydrogens (primary N) is 1. The van der Waals surface area contributed by atoms with Crippen molar-refractivity contribution < 1.29 is 14.3 Å². The first-order valence-corrected chi connectivity index (χ1v) is 8.67. The molecule has 1 aliphatic carbocycles. The molecule has 1 saturated heterocycles. The Labute approximate surface area is 145 Å². The zero-order valence-corrected chi connectivity index (χ0v) is 15.3. The van der Waals surface area contributed by atoms with Gasteiger partial charge in [0.1, 0.15) is 11.3 Å². The van der Waals surface area contributed by atoms with E-state index in [9.17, 15) is 4.79 Å². The number of hydrogen-bond donors (Lipinski definition) is 2. The van der Waals surface area contributed by atoms with E-state index in [1.165, 1.54) is 0 Å². The molecule has 126 valence electrons. The van der Waals surface area contributed by atoms with Gasteiger partial charge in [0.25, 0.3) is 0 Å². The Morgan fingerprint density at radius 3 is 2.91 bits per heavy atom. The molecule has 23 heavy (non-hydrogen) atoms. The minimum Gasteiger partial charge on any atom is -0.495 e. The molecule has 1 amide bonds. The van der Waals surface area contributed by atoms with E-state index in [4.69, 9.17) is 15.2 Å². The molecule has 0 aromatic heterocycles. The zero-order valence-electron chi connectivity index (χ0n) is 13.7. The molecule has 1 heterocycles. The highest BCUT2D eigenvalue weighted by Gasteiger charge is 2.70. The number of ether oxygens (including phenoxy) is 2. The Hall–Kier alpha value is -1.11. The van der Waals surface area contributed by atoms with E-state index in [-0.39, 0.29) is 23.3 Å². The molecular weight excluding hydrogens is 360 g/mol. The van der Waals surface area contributed by atoms with Crippen LogP contribution < -0.4 is 15.8 Å². The van der Waals surface area contributed by atoms with Gasteiger partial charge in [-0.2, -0.15) is 0 Å². The Morgan fingerprint density at radius 1 is 1.48 bits per heavy atom. The number of carbonyl (C=O) groups is 1. The molecule has 2 fully saturated rings. The van der Waals surface area contributed by atoms with Crippen molar-refractivity contribution >= 4 is 27.5 Å². The van der Waals surface area contributed by atoms with E-state index in [1.807, 2.05) is 26.0 Å². The maximum absolute atomic E-state index is 12.9. The van der Waals surface area contributed by atoms with E-state index >= 15 is 0 Å². The van der Waals surface area contributed by atoms with Gasteiger partial charge < -0.3 is 20.5 Å². The van der Waals surface area contributed by atoms with E-state index in [1.54, 1.807) is 13.2 Å². The number of halogens is 1. The van der Waals surface area contributed by atoms with Crippen LogP contribution in [-0.4, -0.2) is 31.3 Å². The maximum atomic E-state index is 12.9. The summed E-state index contributed by atoms with van der Waals surface area (Å²) < 4.78 is 12.0. The quantitative estimate of drug-likeness (QED) is 0.842. The van der Waals surface area contributed by atoms with Crippen LogP contribution in [0.4, 0.5) is 5.69 Å². The molecule has 3 N–H and O–H groups in total. The molecule has 0 bridgehead atoms. The van der Waals surface area contributed by atoms with Gasteiger partial charge in [0, 0.05) is 29.7 Å². The molecule has 6 heteroatoms. The molecule has 1 aliphatic heterocycles. The minimum atomic E-state index is -0.918. The summed E-state index contributed by atoms with van der Waals surface area (Å²) in [5, 5.41) is 2.95. The molecule has 1 aromatic rings. The number of carbonyl (C=O) groups excluding carboxylic acids is 1. The lowest BCUT2D eigenvalue weighted by atomic mass is 9.46. The SMILES string of the molecule is COc1cc(NC(=O)C2(N)C3CCCOC3C2(C)C)ccc1Br. The van der Waals surface area contributed by atoms with Crippen molar-refractivity contribution in [1.29, 1.82) is 0 Å². The number of fused-ring (bicyclic) bond motifs is 1. The van der Waals surface area contributed by atoms with Crippen molar-refractivity contribution in [2.45, 2.75) is 38.3 Å². The van der Waals surface area contributed by atoms with E-state index < -0.39 is 5.54 Å².